The summed E-state index contributed by atoms with van der Waals surface area (Å²) in [5.41, 5.74) is 2.88. The summed E-state index contributed by atoms with van der Waals surface area (Å²) in [6.45, 7) is 2.05. The van der Waals surface area contributed by atoms with Gasteiger partial charge in [0.25, 0.3) is 0 Å². The Labute approximate surface area is 127 Å². The molecular formula is C15H14ClN5. The maximum absolute atomic E-state index is 5.92. The van der Waals surface area contributed by atoms with Gasteiger partial charge in [-0.3, -0.25) is 0 Å². The molecule has 0 aliphatic heterocycles. The molecule has 106 valence electrons. The largest absolute Gasteiger partial charge is 0.232 e. The number of aryl methyl sites for hydroxylation is 1. The van der Waals surface area contributed by atoms with E-state index in [-0.39, 0.29) is 0 Å². The van der Waals surface area contributed by atoms with Gasteiger partial charge in [-0.1, -0.05) is 37.3 Å². The maximum atomic E-state index is 5.92. The fraction of sp³-hybridized carbons (Fsp3) is 0.200. The van der Waals surface area contributed by atoms with Gasteiger partial charge in [-0.2, -0.15) is 0 Å². The van der Waals surface area contributed by atoms with Crippen LogP contribution in [-0.2, 0) is 12.3 Å². The molecule has 2 aromatic heterocycles. The fourth-order valence-electron chi connectivity index (χ4n) is 2.01. The summed E-state index contributed by atoms with van der Waals surface area (Å²) in [6, 6.07) is 13.6. The highest BCUT2D eigenvalue weighted by Gasteiger charge is 2.09. The standard InChI is InChI=1S/C15H14ClN5/c1-2-13-8-11(10-16)9-14(17-13)21-19-15(18-20-21)12-6-4-3-5-7-12/h3-9H,2,10H2,1H3. The van der Waals surface area contributed by atoms with Crippen molar-refractivity contribution in [1.29, 1.82) is 0 Å². The minimum atomic E-state index is 0.433. The number of alkyl halides is 1. The smallest absolute Gasteiger partial charge is 0.205 e. The molecule has 3 aromatic rings. The zero-order valence-corrected chi connectivity index (χ0v) is 12.3. The first kappa shape index (κ1) is 13.7. The lowest BCUT2D eigenvalue weighted by molar-refractivity contribution is 0.695. The van der Waals surface area contributed by atoms with E-state index in [0.717, 1.165) is 23.2 Å². The number of aromatic nitrogens is 5. The second-order valence-electron chi connectivity index (χ2n) is 4.58. The van der Waals surface area contributed by atoms with Crippen LogP contribution >= 0.6 is 11.6 Å². The van der Waals surface area contributed by atoms with E-state index in [2.05, 4.69) is 20.4 Å². The van der Waals surface area contributed by atoms with Crippen molar-refractivity contribution >= 4 is 11.6 Å². The molecule has 0 saturated carbocycles. The van der Waals surface area contributed by atoms with Gasteiger partial charge in [-0.25, -0.2) is 4.98 Å². The number of hydrogen-bond acceptors (Lipinski definition) is 4. The second kappa shape index (κ2) is 6.01. The highest BCUT2D eigenvalue weighted by molar-refractivity contribution is 6.17. The molecule has 0 N–H and O–H groups in total. The summed E-state index contributed by atoms with van der Waals surface area (Å²) in [5, 5.41) is 12.6. The SMILES string of the molecule is CCc1cc(CCl)cc(-n2nnc(-c3ccccc3)n2)n1. The van der Waals surface area contributed by atoms with Crippen molar-refractivity contribution in [1.82, 2.24) is 25.2 Å². The van der Waals surface area contributed by atoms with Gasteiger partial charge in [0.2, 0.25) is 5.82 Å². The van der Waals surface area contributed by atoms with E-state index in [4.69, 9.17) is 11.6 Å². The minimum Gasteiger partial charge on any atom is -0.232 e. The van der Waals surface area contributed by atoms with Gasteiger partial charge in [0, 0.05) is 17.1 Å². The van der Waals surface area contributed by atoms with Crippen molar-refractivity contribution in [3.63, 3.8) is 0 Å². The van der Waals surface area contributed by atoms with Crippen LogP contribution in [-0.4, -0.2) is 25.2 Å². The monoisotopic (exact) mass is 299 g/mol. The molecule has 5 nitrogen and oxygen atoms in total. The van der Waals surface area contributed by atoms with Gasteiger partial charge >= 0.3 is 0 Å². The Morgan fingerprint density at radius 1 is 1.14 bits per heavy atom. The topological polar surface area (TPSA) is 56.5 Å². The molecule has 0 atom stereocenters. The zero-order valence-electron chi connectivity index (χ0n) is 11.6. The number of tetrazole rings is 1. The predicted molar refractivity (Wildman–Crippen MR) is 81.3 cm³/mol. The Hall–Kier alpha value is -2.27. The Balaban J connectivity index is 2.00. The van der Waals surface area contributed by atoms with Crippen LogP contribution in [0.2, 0.25) is 0 Å². The summed E-state index contributed by atoms with van der Waals surface area (Å²) >= 11 is 5.92. The van der Waals surface area contributed by atoms with Gasteiger partial charge in [0.1, 0.15) is 0 Å². The van der Waals surface area contributed by atoms with Gasteiger partial charge in [-0.05, 0) is 29.3 Å². The molecule has 3 rings (SSSR count). The van der Waals surface area contributed by atoms with Crippen molar-refractivity contribution in [3.8, 4) is 17.2 Å². The Morgan fingerprint density at radius 3 is 2.67 bits per heavy atom. The molecule has 0 fully saturated rings. The molecule has 1 aromatic carbocycles. The quantitative estimate of drug-likeness (QED) is 0.695. The van der Waals surface area contributed by atoms with Gasteiger partial charge in [-0.15, -0.1) is 26.6 Å². The van der Waals surface area contributed by atoms with Crippen LogP contribution in [0.1, 0.15) is 18.2 Å². The molecular weight excluding hydrogens is 286 g/mol. The highest BCUT2D eigenvalue weighted by atomic mass is 35.5. The predicted octanol–water partition coefficient (Wildman–Crippen LogP) is 3.03. The van der Waals surface area contributed by atoms with E-state index in [1.54, 1.807) is 0 Å². The Kier molecular flexibility index (Phi) is 3.92. The number of rotatable bonds is 4. The van der Waals surface area contributed by atoms with Crippen LogP contribution in [0.5, 0.6) is 0 Å². The van der Waals surface area contributed by atoms with Crippen LogP contribution in [0, 0.1) is 0 Å². The first-order chi connectivity index (χ1) is 10.3. The fourth-order valence-corrected chi connectivity index (χ4v) is 2.16. The van der Waals surface area contributed by atoms with Gasteiger partial charge < -0.3 is 0 Å². The third-order valence-electron chi connectivity index (χ3n) is 3.09. The maximum Gasteiger partial charge on any atom is 0.205 e. The lowest BCUT2D eigenvalue weighted by Gasteiger charge is -2.04. The molecule has 0 aliphatic carbocycles. The Morgan fingerprint density at radius 2 is 1.95 bits per heavy atom. The number of hydrogen-bond donors (Lipinski definition) is 0. The lowest BCUT2D eigenvalue weighted by Crippen LogP contribution is -2.05. The van der Waals surface area contributed by atoms with Crippen molar-refractivity contribution < 1.29 is 0 Å². The number of halogens is 1. The Bertz CT molecular complexity index is 717. The van der Waals surface area contributed by atoms with Crippen LogP contribution in [0.25, 0.3) is 17.2 Å². The normalized spacial score (nSPS) is 10.8. The number of benzene rings is 1. The summed E-state index contributed by atoms with van der Waals surface area (Å²) in [4.78, 5) is 5.96. The number of nitrogens with zero attached hydrogens (tertiary/aromatic N) is 5. The van der Waals surface area contributed by atoms with E-state index < -0.39 is 0 Å². The summed E-state index contributed by atoms with van der Waals surface area (Å²) in [7, 11) is 0. The lowest BCUT2D eigenvalue weighted by atomic mass is 10.2. The van der Waals surface area contributed by atoms with Crippen LogP contribution in [0.4, 0.5) is 0 Å². The molecule has 6 heteroatoms. The van der Waals surface area contributed by atoms with Gasteiger partial charge in [0.05, 0.1) is 0 Å². The van der Waals surface area contributed by atoms with Crippen molar-refractivity contribution in [2.75, 3.05) is 0 Å². The average Bonchev–Trinajstić information content (AvgIpc) is 3.05. The van der Waals surface area contributed by atoms with E-state index in [1.165, 1.54) is 4.80 Å². The molecule has 2 heterocycles. The summed E-state index contributed by atoms with van der Waals surface area (Å²) in [5.74, 6) is 1.65. The van der Waals surface area contributed by atoms with Crippen LogP contribution in [0.15, 0.2) is 42.5 Å². The molecule has 0 saturated heterocycles. The third kappa shape index (κ3) is 2.92. The average molecular weight is 300 g/mol. The van der Waals surface area contributed by atoms with E-state index in [1.807, 2.05) is 49.4 Å². The molecule has 0 aliphatic rings. The first-order valence-corrected chi connectivity index (χ1v) is 7.25. The van der Waals surface area contributed by atoms with E-state index in [0.29, 0.717) is 17.5 Å². The molecule has 0 bridgehead atoms. The molecule has 0 radical (unpaired) electrons. The van der Waals surface area contributed by atoms with Gasteiger partial charge in [0.15, 0.2) is 5.82 Å². The van der Waals surface area contributed by atoms with E-state index in [9.17, 15) is 0 Å². The van der Waals surface area contributed by atoms with Crippen molar-refractivity contribution in [3.05, 3.63) is 53.7 Å². The van der Waals surface area contributed by atoms with Crippen molar-refractivity contribution in [2.45, 2.75) is 19.2 Å². The number of pyridine rings is 1. The molecule has 21 heavy (non-hydrogen) atoms. The first-order valence-electron chi connectivity index (χ1n) is 6.71. The second-order valence-corrected chi connectivity index (χ2v) is 4.85. The highest BCUT2D eigenvalue weighted by Crippen LogP contribution is 2.15. The van der Waals surface area contributed by atoms with Crippen LogP contribution in [0.3, 0.4) is 0 Å². The zero-order chi connectivity index (χ0) is 14.7. The summed E-state index contributed by atoms with van der Waals surface area (Å²) in [6.07, 6.45) is 0.831. The van der Waals surface area contributed by atoms with E-state index >= 15 is 0 Å². The molecule has 0 spiro atoms. The molecule has 0 unspecified atom stereocenters. The molecule has 0 amide bonds. The van der Waals surface area contributed by atoms with Crippen LogP contribution < -0.4 is 0 Å². The van der Waals surface area contributed by atoms with Crippen molar-refractivity contribution in [2.24, 2.45) is 0 Å². The minimum absolute atomic E-state index is 0.433. The third-order valence-corrected chi connectivity index (χ3v) is 3.40. The summed E-state index contributed by atoms with van der Waals surface area (Å²) < 4.78 is 0.